The third-order valence-electron chi connectivity index (χ3n) is 4.92. The smallest absolute Gasteiger partial charge is 0.258 e. The molecule has 154 valence electrons. The van der Waals surface area contributed by atoms with Gasteiger partial charge in [-0.2, -0.15) is 0 Å². The Balaban J connectivity index is 1.58. The number of amides is 2. The summed E-state index contributed by atoms with van der Waals surface area (Å²) in [5, 5.41) is 2.64. The third kappa shape index (κ3) is 5.19. The fourth-order valence-corrected chi connectivity index (χ4v) is 3.48. The Labute approximate surface area is 170 Å². The summed E-state index contributed by atoms with van der Waals surface area (Å²) in [6, 6.07) is 14.5. The minimum absolute atomic E-state index is 0.0697. The SMILES string of the molecule is COc1ccc(OC)c(C2CCCN2C(=O)CNC(=O)COc2ccccc2)c1. The van der Waals surface area contributed by atoms with Gasteiger partial charge in [-0.25, -0.2) is 0 Å². The summed E-state index contributed by atoms with van der Waals surface area (Å²) < 4.78 is 16.2. The summed E-state index contributed by atoms with van der Waals surface area (Å²) in [6.45, 7) is 0.435. The third-order valence-corrected chi connectivity index (χ3v) is 4.92. The molecule has 1 aliphatic rings. The summed E-state index contributed by atoms with van der Waals surface area (Å²) in [5.41, 5.74) is 0.913. The molecule has 1 fully saturated rings. The van der Waals surface area contributed by atoms with Crippen LogP contribution in [0.15, 0.2) is 48.5 Å². The van der Waals surface area contributed by atoms with Gasteiger partial charge in [0, 0.05) is 12.1 Å². The van der Waals surface area contributed by atoms with Crippen LogP contribution in [0.25, 0.3) is 0 Å². The highest BCUT2D eigenvalue weighted by molar-refractivity contribution is 5.85. The quantitative estimate of drug-likeness (QED) is 0.740. The van der Waals surface area contributed by atoms with E-state index in [0.717, 1.165) is 24.2 Å². The Morgan fingerprint density at radius 1 is 1.07 bits per heavy atom. The van der Waals surface area contributed by atoms with Crippen LogP contribution < -0.4 is 19.5 Å². The number of hydrogen-bond donors (Lipinski definition) is 1. The zero-order chi connectivity index (χ0) is 20.6. The molecule has 1 saturated heterocycles. The van der Waals surface area contributed by atoms with Gasteiger partial charge < -0.3 is 24.4 Å². The number of hydrogen-bond acceptors (Lipinski definition) is 5. The van der Waals surface area contributed by atoms with Crippen LogP contribution >= 0.6 is 0 Å². The van der Waals surface area contributed by atoms with E-state index in [1.807, 2.05) is 36.4 Å². The molecule has 0 aromatic heterocycles. The molecule has 0 radical (unpaired) electrons. The molecule has 0 aliphatic carbocycles. The molecular weight excluding hydrogens is 372 g/mol. The molecule has 0 bridgehead atoms. The fraction of sp³-hybridized carbons (Fsp3) is 0.364. The van der Waals surface area contributed by atoms with Gasteiger partial charge >= 0.3 is 0 Å². The minimum Gasteiger partial charge on any atom is -0.497 e. The van der Waals surface area contributed by atoms with Crippen LogP contribution in [0.5, 0.6) is 17.2 Å². The van der Waals surface area contributed by atoms with Crippen molar-refractivity contribution in [2.75, 3.05) is 33.9 Å². The van der Waals surface area contributed by atoms with Gasteiger partial charge in [-0.3, -0.25) is 9.59 Å². The molecule has 1 unspecified atom stereocenters. The summed E-state index contributed by atoms with van der Waals surface area (Å²) >= 11 is 0. The van der Waals surface area contributed by atoms with Gasteiger partial charge in [-0.15, -0.1) is 0 Å². The molecule has 1 N–H and O–H groups in total. The van der Waals surface area contributed by atoms with Crippen molar-refractivity contribution in [1.29, 1.82) is 0 Å². The molecule has 1 atom stereocenters. The normalized spacial score (nSPS) is 15.7. The molecule has 1 heterocycles. The maximum Gasteiger partial charge on any atom is 0.258 e. The topological polar surface area (TPSA) is 77.1 Å². The zero-order valence-electron chi connectivity index (χ0n) is 16.7. The van der Waals surface area contributed by atoms with Crippen molar-refractivity contribution in [2.24, 2.45) is 0 Å². The molecule has 1 aliphatic heterocycles. The lowest BCUT2D eigenvalue weighted by atomic mass is 10.0. The van der Waals surface area contributed by atoms with E-state index >= 15 is 0 Å². The van der Waals surface area contributed by atoms with Crippen molar-refractivity contribution in [3.05, 3.63) is 54.1 Å². The number of likely N-dealkylation sites (tertiary alicyclic amines) is 1. The second-order valence-corrected chi connectivity index (χ2v) is 6.73. The number of methoxy groups -OCH3 is 2. The summed E-state index contributed by atoms with van der Waals surface area (Å²) in [7, 11) is 3.22. The standard InChI is InChI=1S/C22H26N2O5/c1-27-17-10-11-20(28-2)18(13-17)19-9-6-12-24(19)22(26)14-23-21(25)15-29-16-7-4-3-5-8-16/h3-5,7-8,10-11,13,19H,6,9,12,14-15H2,1-2H3,(H,23,25). The first-order valence-electron chi connectivity index (χ1n) is 9.58. The number of rotatable bonds is 8. The van der Waals surface area contributed by atoms with Crippen LogP contribution in [0.1, 0.15) is 24.4 Å². The van der Waals surface area contributed by atoms with E-state index in [0.29, 0.717) is 18.0 Å². The Morgan fingerprint density at radius 2 is 1.86 bits per heavy atom. The number of ether oxygens (including phenoxy) is 3. The van der Waals surface area contributed by atoms with Crippen LogP contribution in [0, 0.1) is 0 Å². The maximum atomic E-state index is 12.8. The first kappa shape index (κ1) is 20.5. The Morgan fingerprint density at radius 3 is 2.59 bits per heavy atom. The number of carbonyl (C=O) groups is 2. The molecule has 0 saturated carbocycles. The summed E-state index contributed by atoms with van der Waals surface area (Å²) in [6.07, 6.45) is 1.72. The second-order valence-electron chi connectivity index (χ2n) is 6.73. The number of nitrogens with zero attached hydrogens (tertiary/aromatic N) is 1. The molecule has 7 heteroatoms. The predicted octanol–water partition coefficient (Wildman–Crippen LogP) is 2.56. The molecule has 29 heavy (non-hydrogen) atoms. The van der Waals surface area contributed by atoms with Crippen molar-refractivity contribution in [1.82, 2.24) is 10.2 Å². The van der Waals surface area contributed by atoms with Gasteiger partial charge in [0.1, 0.15) is 17.2 Å². The van der Waals surface area contributed by atoms with Gasteiger partial charge in [0.2, 0.25) is 5.91 Å². The van der Waals surface area contributed by atoms with Crippen molar-refractivity contribution >= 4 is 11.8 Å². The van der Waals surface area contributed by atoms with Crippen molar-refractivity contribution < 1.29 is 23.8 Å². The lowest BCUT2D eigenvalue weighted by Crippen LogP contribution is -2.41. The van der Waals surface area contributed by atoms with E-state index in [1.54, 1.807) is 31.3 Å². The average molecular weight is 398 g/mol. The monoisotopic (exact) mass is 398 g/mol. The van der Waals surface area contributed by atoms with Crippen LogP contribution in [0.3, 0.4) is 0 Å². The van der Waals surface area contributed by atoms with E-state index < -0.39 is 0 Å². The highest BCUT2D eigenvalue weighted by Crippen LogP contribution is 2.38. The maximum absolute atomic E-state index is 12.8. The van der Waals surface area contributed by atoms with Crippen molar-refractivity contribution in [3.8, 4) is 17.2 Å². The molecule has 7 nitrogen and oxygen atoms in total. The molecule has 2 aromatic carbocycles. The fourth-order valence-electron chi connectivity index (χ4n) is 3.48. The van der Waals surface area contributed by atoms with E-state index in [2.05, 4.69) is 5.32 Å². The highest BCUT2D eigenvalue weighted by atomic mass is 16.5. The van der Waals surface area contributed by atoms with Gasteiger partial charge in [0.05, 0.1) is 26.8 Å². The van der Waals surface area contributed by atoms with E-state index in [9.17, 15) is 9.59 Å². The second kappa shape index (κ2) is 9.82. The molecule has 2 amide bonds. The lowest BCUT2D eigenvalue weighted by molar-refractivity contribution is -0.134. The van der Waals surface area contributed by atoms with Crippen molar-refractivity contribution in [2.45, 2.75) is 18.9 Å². The number of carbonyl (C=O) groups excluding carboxylic acids is 2. The van der Waals surface area contributed by atoms with Crippen molar-refractivity contribution in [3.63, 3.8) is 0 Å². The number of para-hydroxylation sites is 1. The molecule has 2 aromatic rings. The summed E-state index contributed by atoms with van der Waals surface area (Å²) in [5.74, 6) is 1.57. The summed E-state index contributed by atoms with van der Waals surface area (Å²) in [4.78, 5) is 26.6. The predicted molar refractivity (Wildman–Crippen MR) is 108 cm³/mol. The number of benzene rings is 2. The molecular formula is C22H26N2O5. The van der Waals surface area contributed by atoms with E-state index in [1.165, 1.54) is 0 Å². The first-order valence-corrected chi connectivity index (χ1v) is 9.58. The average Bonchev–Trinajstić information content (AvgIpc) is 3.26. The van der Waals surface area contributed by atoms with Gasteiger partial charge in [0.15, 0.2) is 6.61 Å². The Bertz CT molecular complexity index is 840. The van der Waals surface area contributed by atoms with Crippen LogP contribution in [-0.4, -0.2) is 50.6 Å². The van der Waals surface area contributed by atoms with Gasteiger partial charge in [-0.1, -0.05) is 18.2 Å². The zero-order valence-corrected chi connectivity index (χ0v) is 16.7. The van der Waals surface area contributed by atoms with Gasteiger partial charge in [-0.05, 0) is 43.2 Å². The van der Waals surface area contributed by atoms with E-state index in [4.69, 9.17) is 14.2 Å². The van der Waals surface area contributed by atoms with E-state index in [-0.39, 0.29) is 31.0 Å². The Hall–Kier alpha value is -3.22. The van der Waals surface area contributed by atoms with Gasteiger partial charge in [0.25, 0.3) is 5.91 Å². The first-order chi connectivity index (χ1) is 14.1. The van der Waals surface area contributed by atoms with Crippen LogP contribution in [0.2, 0.25) is 0 Å². The number of nitrogens with one attached hydrogen (secondary N) is 1. The lowest BCUT2D eigenvalue weighted by Gasteiger charge is -2.27. The Kier molecular flexibility index (Phi) is 6.94. The molecule has 0 spiro atoms. The van der Waals surface area contributed by atoms with Crippen LogP contribution in [0.4, 0.5) is 0 Å². The largest absolute Gasteiger partial charge is 0.497 e. The molecule has 3 rings (SSSR count). The minimum atomic E-state index is -0.336. The highest BCUT2D eigenvalue weighted by Gasteiger charge is 2.32. The van der Waals surface area contributed by atoms with Crippen LogP contribution in [-0.2, 0) is 9.59 Å².